The SMILES string of the molecule is Cc1cc2cnnc-2on1. The van der Waals surface area contributed by atoms with Crippen molar-refractivity contribution in [3.8, 4) is 11.5 Å². The number of fused-ring (bicyclic) bond motifs is 1. The van der Waals surface area contributed by atoms with Crippen molar-refractivity contribution in [3.63, 3.8) is 0 Å². The minimum Gasteiger partial charge on any atom is -0.334 e. The van der Waals surface area contributed by atoms with E-state index in [2.05, 4.69) is 15.4 Å². The van der Waals surface area contributed by atoms with E-state index < -0.39 is 0 Å². The van der Waals surface area contributed by atoms with E-state index in [1.165, 1.54) is 0 Å². The Morgan fingerprint density at radius 3 is 3.30 bits per heavy atom. The summed E-state index contributed by atoms with van der Waals surface area (Å²) in [5, 5.41) is 11.0. The van der Waals surface area contributed by atoms with Crippen LogP contribution < -0.4 is 0 Å². The van der Waals surface area contributed by atoms with Crippen molar-refractivity contribution >= 4 is 0 Å². The second-order valence-electron chi connectivity index (χ2n) is 2.07. The molecular weight excluding hydrogens is 130 g/mol. The lowest BCUT2D eigenvalue weighted by atomic mass is 10.3. The summed E-state index contributed by atoms with van der Waals surface area (Å²) >= 11 is 0. The molecule has 0 N–H and O–H groups in total. The van der Waals surface area contributed by atoms with E-state index in [0.29, 0.717) is 5.89 Å². The van der Waals surface area contributed by atoms with E-state index in [-0.39, 0.29) is 0 Å². The Labute approximate surface area is 57.2 Å². The molecule has 0 aromatic carbocycles. The normalized spacial score (nSPS) is 10.5. The fourth-order valence-corrected chi connectivity index (χ4v) is 0.793. The van der Waals surface area contributed by atoms with Crippen molar-refractivity contribution in [2.24, 2.45) is 0 Å². The molecule has 0 aromatic heterocycles. The lowest BCUT2D eigenvalue weighted by Crippen LogP contribution is -1.82. The van der Waals surface area contributed by atoms with Crippen molar-refractivity contribution in [1.82, 2.24) is 15.4 Å². The van der Waals surface area contributed by atoms with Gasteiger partial charge in [-0.3, -0.25) is 0 Å². The van der Waals surface area contributed by atoms with E-state index in [9.17, 15) is 0 Å². The Kier molecular flexibility index (Phi) is 0.943. The maximum atomic E-state index is 4.86. The average Bonchev–Trinajstić information content (AvgIpc) is 2.33. The standard InChI is InChI=1S/C6H5N3O/c1-4-2-5-3-7-8-6(5)10-9-4/h2-3H,1H3. The van der Waals surface area contributed by atoms with E-state index in [1.54, 1.807) is 6.20 Å². The zero-order chi connectivity index (χ0) is 6.97. The van der Waals surface area contributed by atoms with Crippen LogP contribution in [0.25, 0.3) is 11.5 Å². The van der Waals surface area contributed by atoms with Gasteiger partial charge in [-0.15, -0.1) is 5.10 Å². The van der Waals surface area contributed by atoms with Gasteiger partial charge in [0.25, 0.3) is 5.89 Å². The molecule has 4 nitrogen and oxygen atoms in total. The zero-order valence-corrected chi connectivity index (χ0v) is 5.40. The molecule has 0 unspecified atom stereocenters. The molecule has 2 rings (SSSR count). The highest BCUT2D eigenvalue weighted by Crippen LogP contribution is 2.16. The van der Waals surface area contributed by atoms with Crippen molar-refractivity contribution in [2.75, 3.05) is 0 Å². The summed E-state index contributed by atoms with van der Waals surface area (Å²) < 4.78 is 4.86. The molecular formula is C6H5N3O. The number of hydrogen-bond acceptors (Lipinski definition) is 4. The summed E-state index contributed by atoms with van der Waals surface area (Å²) in [6.07, 6.45) is 1.65. The minimum atomic E-state index is 0.491. The fraction of sp³-hybridized carbons (Fsp3) is 0.167. The van der Waals surface area contributed by atoms with E-state index in [1.807, 2.05) is 13.0 Å². The number of nitrogens with zero attached hydrogens (tertiary/aromatic N) is 3. The molecule has 0 radical (unpaired) electrons. The van der Waals surface area contributed by atoms with Crippen LogP contribution in [0.2, 0.25) is 0 Å². The topological polar surface area (TPSA) is 51.8 Å². The number of aromatic nitrogens is 3. The minimum absolute atomic E-state index is 0.491. The molecule has 0 atom stereocenters. The summed E-state index contributed by atoms with van der Waals surface area (Å²) in [5.74, 6) is 0.491. The summed E-state index contributed by atoms with van der Waals surface area (Å²) in [5.41, 5.74) is 1.73. The van der Waals surface area contributed by atoms with Gasteiger partial charge in [-0.25, -0.2) is 0 Å². The Hall–Kier alpha value is -1.45. The van der Waals surface area contributed by atoms with Crippen LogP contribution >= 0.6 is 0 Å². The second-order valence-corrected chi connectivity index (χ2v) is 2.07. The van der Waals surface area contributed by atoms with Crippen molar-refractivity contribution in [1.29, 1.82) is 0 Å². The number of hydrogen-bond donors (Lipinski definition) is 0. The number of rotatable bonds is 0. The van der Waals surface area contributed by atoms with Gasteiger partial charge in [0.1, 0.15) is 0 Å². The average molecular weight is 135 g/mol. The molecule has 2 aliphatic heterocycles. The van der Waals surface area contributed by atoms with Gasteiger partial charge < -0.3 is 4.52 Å². The van der Waals surface area contributed by atoms with Crippen LogP contribution in [-0.2, 0) is 0 Å². The third-order valence-corrected chi connectivity index (χ3v) is 1.23. The largest absolute Gasteiger partial charge is 0.334 e. The van der Waals surface area contributed by atoms with Crippen LogP contribution in [0, 0.1) is 6.92 Å². The third kappa shape index (κ3) is 0.655. The first-order valence-electron chi connectivity index (χ1n) is 2.91. The van der Waals surface area contributed by atoms with Crippen LogP contribution in [0.4, 0.5) is 0 Å². The Bertz CT molecular complexity index is 317. The molecule has 10 heavy (non-hydrogen) atoms. The van der Waals surface area contributed by atoms with Gasteiger partial charge in [0.15, 0.2) is 0 Å². The summed E-state index contributed by atoms with van der Waals surface area (Å²) in [6, 6.07) is 1.87. The maximum absolute atomic E-state index is 4.86. The third-order valence-electron chi connectivity index (χ3n) is 1.23. The van der Waals surface area contributed by atoms with Gasteiger partial charge in [0, 0.05) is 0 Å². The summed E-state index contributed by atoms with van der Waals surface area (Å²) in [7, 11) is 0. The van der Waals surface area contributed by atoms with Crippen LogP contribution in [0.1, 0.15) is 5.69 Å². The monoisotopic (exact) mass is 135 g/mol. The van der Waals surface area contributed by atoms with Crippen LogP contribution in [0.15, 0.2) is 16.8 Å². The second kappa shape index (κ2) is 1.76. The van der Waals surface area contributed by atoms with Crippen molar-refractivity contribution in [2.45, 2.75) is 6.92 Å². The highest BCUT2D eigenvalue weighted by atomic mass is 16.5. The van der Waals surface area contributed by atoms with Gasteiger partial charge >= 0.3 is 0 Å². The molecule has 0 saturated carbocycles. The van der Waals surface area contributed by atoms with Crippen LogP contribution in [0.3, 0.4) is 0 Å². The Morgan fingerprint density at radius 1 is 1.50 bits per heavy atom. The predicted molar refractivity (Wildman–Crippen MR) is 33.5 cm³/mol. The predicted octanol–water partition coefficient (Wildman–Crippen LogP) is 0.878. The molecule has 0 aromatic rings. The first-order chi connectivity index (χ1) is 4.86. The first kappa shape index (κ1) is 5.34. The first-order valence-corrected chi connectivity index (χ1v) is 2.91. The summed E-state index contributed by atoms with van der Waals surface area (Å²) in [4.78, 5) is 0. The zero-order valence-electron chi connectivity index (χ0n) is 5.40. The van der Waals surface area contributed by atoms with E-state index >= 15 is 0 Å². The number of aryl methyl sites for hydroxylation is 1. The molecule has 50 valence electrons. The lowest BCUT2D eigenvalue weighted by Gasteiger charge is -1.91. The van der Waals surface area contributed by atoms with Gasteiger partial charge in [0.05, 0.1) is 17.5 Å². The lowest BCUT2D eigenvalue weighted by molar-refractivity contribution is 0.394. The molecule has 2 aliphatic rings. The molecule has 0 saturated heterocycles. The van der Waals surface area contributed by atoms with Crippen LogP contribution in [-0.4, -0.2) is 15.4 Å². The van der Waals surface area contributed by atoms with Crippen molar-refractivity contribution < 1.29 is 4.52 Å². The molecule has 2 heterocycles. The molecule has 0 amide bonds. The molecule has 0 spiro atoms. The molecule has 0 aliphatic carbocycles. The van der Waals surface area contributed by atoms with Gasteiger partial charge in [-0.2, -0.15) is 5.10 Å². The molecule has 4 heteroatoms. The van der Waals surface area contributed by atoms with Crippen molar-refractivity contribution in [3.05, 3.63) is 18.0 Å². The fourth-order valence-electron chi connectivity index (χ4n) is 0.793. The molecule has 0 bridgehead atoms. The Morgan fingerprint density at radius 2 is 2.40 bits per heavy atom. The van der Waals surface area contributed by atoms with Crippen LogP contribution in [0.5, 0.6) is 0 Å². The highest BCUT2D eigenvalue weighted by molar-refractivity contribution is 5.51. The highest BCUT2D eigenvalue weighted by Gasteiger charge is 2.07. The van der Waals surface area contributed by atoms with E-state index in [4.69, 9.17) is 4.52 Å². The maximum Gasteiger partial charge on any atom is 0.276 e. The Balaban J connectivity index is 2.75. The quantitative estimate of drug-likeness (QED) is 0.538. The smallest absolute Gasteiger partial charge is 0.276 e. The van der Waals surface area contributed by atoms with E-state index in [0.717, 1.165) is 11.3 Å². The molecule has 0 fully saturated rings. The van der Waals surface area contributed by atoms with Gasteiger partial charge in [0.2, 0.25) is 0 Å². The summed E-state index contributed by atoms with van der Waals surface area (Å²) in [6.45, 7) is 1.86. The van der Waals surface area contributed by atoms with Gasteiger partial charge in [-0.05, 0) is 13.0 Å². The van der Waals surface area contributed by atoms with Gasteiger partial charge in [-0.1, -0.05) is 5.16 Å².